The van der Waals surface area contributed by atoms with Gasteiger partial charge in [0.1, 0.15) is 6.23 Å². The van der Waals surface area contributed by atoms with Gasteiger partial charge >= 0.3 is 0 Å². The number of halogens is 2. The van der Waals surface area contributed by atoms with Crippen LogP contribution < -0.4 is 5.32 Å². The number of rotatable bonds is 3. The lowest BCUT2D eigenvalue weighted by atomic mass is 9.96. The fraction of sp³-hybridized carbons (Fsp3) is 0.294. The molecule has 0 bridgehead atoms. The number of nitrogens with zero attached hydrogens (tertiary/aromatic N) is 1. The molecule has 1 aliphatic heterocycles. The van der Waals surface area contributed by atoms with Crippen LogP contribution >= 0.6 is 23.2 Å². The second kappa shape index (κ2) is 6.47. The van der Waals surface area contributed by atoms with Crippen LogP contribution in [0.2, 0.25) is 10.0 Å². The zero-order valence-electron chi connectivity index (χ0n) is 12.3. The zero-order valence-corrected chi connectivity index (χ0v) is 13.8. The van der Waals surface area contributed by atoms with Crippen LogP contribution in [-0.2, 0) is 13.0 Å². The molecule has 3 rings (SSSR count). The number of aliphatic hydroxyl groups excluding tert-OH is 1. The van der Waals surface area contributed by atoms with Gasteiger partial charge in [-0.15, -0.1) is 0 Å². The number of benzene rings is 2. The SMILES string of the molecule is CN1CCc2c(NCc3ccc(Cl)cc3Cl)cccc2C1O. The Balaban J connectivity index is 1.82. The van der Waals surface area contributed by atoms with E-state index in [-0.39, 0.29) is 0 Å². The van der Waals surface area contributed by atoms with Gasteiger partial charge in [0.25, 0.3) is 0 Å². The van der Waals surface area contributed by atoms with Gasteiger partial charge in [0.15, 0.2) is 0 Å². The minimum atomic E-state index is -0.537. The Kier molecular flexibility index (Phi) is 4.59. The summed E-state index contributed by atoms with van der Waals surface area (Å²) in [5.41, 5.74) is 4.20. The standard InChI is InChI=1S/C17H18Cl2N2O/c1-21-8-7-13-14(17(21)22)3-2-4-16(13)20-10-11-5-6-12(18)9-15(11)19/h2-6,9,17,20,22H,7-8,10H2,1H3. The summed E-state index contributed by atoms with van der Waals surface area (Å²) < 4.78 is 0. The Bertz CT molecular complexity index is 690. The first kappa shape index (κ1) is 15.6. The molecule has 0 saturated heterocycles. The molecule has 1 unspecified atom stereocenters. The number of hydrogen-bond donors (Lipinski definition) is 2. The molecule has 0 radical (unpaired) electrons. The predicted molar refractivity (Wildman–Crippen MR) is 91.5 cm³/mol. The zero-order chi connectivity index (χ0) is 15.7. The van der Waals surface area contributed by atoms with Gasteiger partial charge in [-0.05, 0) is 42.8 Å². The van der Waals surface area contributed by atoms with Crippen LogP contribution in [0, 0.1) is 0 Å². The Morgan fingerprint density at radius 3 is 2.86 bits per heavy atom. The molecule has 1 atom stereocenters. The summed E-state index contributed by atoms with van der Waals surface area (Å²) in [6.45, 7) is 1.47. The third-order valence-corrected chi connectivity index (χ3v) is 4.69. The predicted octanol–water partition coefficient (Wildman–Crippen LogP) is 4.08. The van der Waals surface area contributed by atoms with Crippen LogP contribution in [-0.4, -0.2) is 23.6 Å². The van der Waals surface area contributed by atoms with E-state index in [0.29, 0.717) is 16.6 Å². The van der Waals surface area contributed by atoms with Crippen molar-refractivity contribution < 1.29 is 5.11 Å². The average Bonchev–Trinajstić information content (AvgIpc) is 2.50. The molecule has 0 amide bonds. The van der Waals surface area contributed by atoms with Crippen molar-refractivity contribution >= 4 is 28.9 Å². The maximum absolute atomic E-state index is 10.3. The first-order chi connectivity index (χ1) is 10.6. The van der Waals surface area contributed by atoms with Gasteiger partial charge in [0.05, 0.1) is 0 Å². The maximum Gasteiger partial charge on any atom is 0.133 e. The number of hydrogen-bond acceptors (Lipinski definition) is 3. The van der Waals surface area contributed by atoms with Crippen molar-refractivity contribution in [3.8, 4) is 0 Å². The van der Waals surface area contributed by atoms with E-state index in [4.69, 9.17) is 23.2 Å². The molecule has 0 saturated carbocycles. The molecule has 116 valence electrons. The number of aliphatic hydroxyl groups is 1. The quantitative estimate of drug-likeness (QED) is 0.886. The minimum Gasteiger partial charge on any atom is -0.381 e. The van der Waals surface area contributed by atoms with E-state index in [0.717, 1.165) is 29.8 Å². The molecule has 5 heteroatoms. The summed E-state index contributed by atoms with van der Waals surface area (Å²) in [5.74, 6) is 0. The minimum absolute atomic E-state index is 0.537. The first-order valence-corrected chi connectivity index (χ1v) is 8.00. The van der Waals surface area contributed by atoms with E-state index >= 15 is 0 Å². The van der Waals surface area contributed by atoms with E-state index < -0.39 is 6.23 Å². The van der Waals surface area contributed by atoms with Gasteiger partial charge in [-0.2, -0.15) is 0 Å². The molecule has 1 heterocycles. The summed E-state index contributed by atoms with van der Waals surface area (Å²) in [6.07, 6.45) is 0.380. The van der Waals surface area contributed by atoms with Crippen LogP contribution in [0.15, 0.2) is 36.4 Å². The Labute approximate surface area is 140 Å². The van der Waals surface area contributed by atoms with E-state index in [2.05, 4.69) is 5.32 Å². The Morgan fingerprint density at radius 2 is 2.09 bits per heavy atom. The number of anilines is 1. The van der Waals surface area contributed by atoms with Crippen LogP contribution in [0.3, 0.4) is 0 Å². The summed E-state index contributed by atoms with van der Waals surface area (Å²) in [4.78, 5) is 1.95. The highest BCUT2D eigenvalue weighted by Crippen LogP contribution is 2.32. The normalized spacial score (nSPS) is 18.1. The smallest absolute Gasteiger partial charge is 0.133 e. The summed E-state index contributed by atoms with van der Waals surface area (Å²) in [6, 6.07) is 11.5. The molecule has 2 aromatic carbocycles. The lowest BCUT2D eigenvalue weighted by Gasteiger charge is -2.32. The first-order valence-electron chi connectivity index (χ1n) is 7.24. The lowest BCUT2D eigenvalue weighted by Crippen LogP contribution is -2.32. The largest absolute Gasteiger partial charge is 0.381 e. The molecule has 22 heavy (non-hydrogen) atoms. The van der Waals surface area contributed by atoms with E-state index in [1.807, 2.05) is 42.3 Å². The van der Waals surface area contributed by atoms with Crippen LogP contribution in [0.25, 0.3) is 0 Å². The maximum atomic E-state index is 10.3. The molecular weight excluding hydrogens is 319 g/mol. The molecular formula is C17H18Cl2N2O. The highest BCUT2D eigenvalue weighted by molar-refractivity contribution is 6.35. The summed E-state index contributed by atoms with van der Waals surface area (Å²) in [7, 11) is 1.93. The second-order valence-electron chi connectivity index (χ2n) is 5.57. The molecule has 1 aliphatic rings. The van der Waals surface area contributed by atoms with E-state index in [1.165, 1.54) is 5.56 Å². The van der Waals surface area contributed by atoms with Gasteiger partial charge in [-0.25, -0.2) is 0 Å². The van der Waals surface area contributed by atoms with Gasteiger partial charge in [-0.3, -0.25) is 4.90 Å². The molecule has 0 aromatic heterocycles. The van der Waals surface area contributed by atoms with Crippen molar-refractivity contribution in [1.29, 1.82) is 0 Å². The van der Waals surface area contributed by atoms with Gasteiger partial charge in [-0.1, -0.05) is 41.4 Å². The van der Waals surface area contributed by atoms with Crippen molar-refractivity contribution in [1.82, 2.24) is 4.90 Å². The topological polar surface area (TPSA) is 35.5 Å². The molecule has 0 aliphatic carbocycles. The van der Waals surface area contributed by atoms with Crippen LogP contribution in [0.1, 0.15) is 22.9 Å². The number of likely N-dealkylation sites (N-methyl/N-ethyl adjacent to an activating group) is 1. The highest BCUT2D eigenvalue weighted by atomic mass is 35.5. The van der Waals surface area contributed by atoms with Crippen molar-refractivity contribution in [3.63, 3.8) is 0 Å². The van der Waals surface area contributed by atoms with Crippen molar-refractivity contribution in [2.75, 3.05) is 18.9 Å². The molecule has 0 fully saturated rings. The fourth-order valence-corrected chi connectivity index (χ4v) is 3.27. The fourth-order valence-electron chi connectivity index (χ4n) is 2.79. The van der Waals surface area contributed by atoms with E-state index in [1.54, 1.807) is 6.07 Å². The van der Waals surface area contributed by atoms with Crippen LogP contribution in [0.5, 0.6) is 0 Å². The van der Waals surface area contributed by atoms with Gasteiger partial charge in [0, 0.05) is 34.4 Å². The molecule has 2 N–H and O–H groups in total. The summed E-state index contributed by atoms with van der Waals surface area (Å²) >= 11 is 12.1. The number of nitrogens with one attached hydrogen (secondary N) is 1. The lowest BCUT2D eigenvalue weighted by molar-refractivity contribution is 0.0129. The van der Waals surface area contributed by atoms with Crippen molar-refractivity contribution in [2.45, 2.75) is 19.2 Å². The molecule has 3 nitrogen and oxygen atoms in total. The number of fused-ring (bicyclic) bond motifs is 1. The van der Waals surface area contributed by atoms with Gasteiger partial charge < -0.3 is 10.4 Å². The van der Waals surface area contributed by atoms with E-state index in [9.17, 15) is 5.11 Å². The van der Waals surface area contributed by atoms with Crippen LogP contribution in [0.4, 0.5) is 5.69 Å². The highest BCUT2D eigenvalue weighted by Gasteiger charge is 2.24. The van der Waals surface area contributed by atoms with Crippen molar-refractivity contribution in [2.24, 2.45) is 0 Å². The average molecular weight is 337 g/mol. The molecule has 2 aromatic rings. The third-order valence-electron chi connectivity index (χ3n) is 4.11. The third kappa shape index (κ3) is 3.08. The van der Waals surface area contributed by atoms with Gasteiger partial charge in [0.2, 0.25) is 0 Å². The summed E-state index contributed by atoms with van der Waals surface area (Å²) in [5, 5.41) is 15.0. The molecule has 0 spiro atoms. The monoisotopic (exact) mass is 336 g/mol. The second-order valence-corrected chi connectivity index (χ2v) is 6.41. The van der Waals surface area contributed by atoms with Crippen molar-refractivity contribution in [3.05, 3.63) is 63.1 Å². The Hall–Kier alpha value is -1.26. The Morgan fingerprint density at radius 1 is 1.27 bits per heavy atom.